The average Bonchev–Trinajstić information content (AvgIpc) is 4.06. The van der Waals surface area contributed by atoms with Crippen LogP contribution in [0, 0.1) is 20.8 Å². The van der Waals surface area contributed by atoms with Gasteiger partial charge in [0.15, 0.2) is 16.9 Å². The molecule has 6 aromatic heterocycles. The topological polar surface area (TPSA) is 131 Å². The second-order valence-electron chi connectivity index (χ2n) is 17.2. The maximum Gasteiger partial charge on any atom is 0.182 e. The summed E-state index contributed by atoms with van der Waals surface area (Å²) in [5, 5.41) is 44.1. The quantitative estimate of drug-likeness (QED) is 0.160. The van der Waals surface area contributed by atoms with E-state index < -0.39 is 0 Å². The van der Waals surface area contributed by atoms with Gasteiger partial charge in [0.2, 0.25) is 0 Å². The summed E-state index contributed by atoms with van der Waals surface area (Å²) in [5.41, 5.74) is 16.0. The molecule has 0 bridgehead atoms. The molecule has 0 aliphatic heterocycles. The van der Waals surface area contributed by atoms with E-state index in [9.17, 15) is 0 Å². The first-order valence-electron chi connectivity index (χ1n) is 23.0. The minimum Gasteiger partial charge on any atom is -0.248 e. The van der Waals surface area contributed by atoms with E-state index in [0.29, 0.717) is 49.1 Å². The summed E-state index contributed by atoms with van der Waals surface area (Å²) in [4.78, 5) is 0. The average molecular weight is 1000 g/mol. The summed E-state index contributed by atoms with van der Waals surface area (Å²) in [6.45, 7) is 6.19. The molecule has 0 N–H and O–H groups in total. The van der Waals surface area contributed by atoms with Gasteiger partial charge >= 0.3 is 0 Å². The second kappa shape index (κ2) is 20.3. The van der Waals surface area contributed by atoms with Gasteiger partial charge in [0.05, 0.1) is 31.2 Å². The molecule has 0 amide bonds. The fraction of sp³-hybridized carbons (Fsp3) is 0.105. The summed E-state index contributed by atoms with van der Waals surface area (Å²) in [7, 11) is 5.57. The van der Waals surface area contributed by atoms with E-state index in [0.717, 1.165) is 72.2 Å². The Kier molecular flexibility index (Phi) is 13.4. The number of rotatable bonds is 6. The summed E-state index contributed by atoms with van der Waals surface area (Å²) in [6.07, 6.45) is 0. The number of aryl methyl sites for hydroxylation is 6. The Balaban J connectivity index is 0.000000124. The van der Waals surface area contributed by atoms with Crippen LogP contribution in [0.1, 0.15) is 16.7 Å². The van der Waals surface area contributed by atoms with Crippen molar-refractivity contribution in [1.29, 1.82) is 0 Å². The standard InChI is InChI=1S/3C19H15ClN4/c1-12-8-6-7-11-14(12)18-15-16(20)17(13-9-4-3-5-10-13)21-22-19(15)24(2)23-18;1-12-7-6-10-14(11-12)17-15-16(20)18(13-8-4-3-5-9-13)21-22-19(15)24(2)23-17;1-12-8-10-14(11-9-12)17-15-16(20)18(13-6-4-3-5-7-13)21-22-19(15)24(2)23-17/h3*3-11H,1-2H3. The van der Waals surface area contributed by atoms with Crippen LogP contribution >= 0.6 is 34.8 Å². The second-order valence-corrected chi connectivity index (χ2v) is 18.4. The molecule has 12 rings (SSSR count). The Bertz CT molecular complexity index is 3910. The zero-order chi connectivity index (χ0) is 50.0. The number of aromatic nitrogens is 12. The third-order valence-electron chi connectivity index (χ3n) is 12.2. The molecule has 0 aliphatic rings. The Labute approximate surface area is 430 Å². The lowest BCUT2D eigenvalue weighted by Gasteiger charge is -2.06. The van der Waals surface area contributed by atoms with Crippen molar-refractivity contribution in [2.45, 2.75) is 20.8 Å². The number of nitrogens with zero attached hydrogens (tertiary/aromatic N) is 12. The van der Waals surface area contributed by atoms with Crippen molar-refractivity contribution >= 4 is 67.9 Å². The minimum absolute atomic E-state index is 0.579. The fourth-order valence-electron chi connectivity index (χ4n) is 8.55. The van der Waals surface area contributed by atoms with Crippen LogP contribution in [0.25, 0.3) is 101 Å². The largest absolute Gasteiger partial charge is 0.248 e. The fourth-order valence-corrected chi connectivity index (χ4v) is 9.51. The number of fused-ring (bicyclic) bond motifs is 3. The molecule has 0 saturated heterocycles. The lowest BCUT2D eigenvalue weighted by atomic mass is 10.0. The predicted molar refractivity (Wildman–Crippen MR) is 291 cm³/mol. The molecule has 12 aromatic rings. The lowest BCUT2D eigenvalue weighted by Crippen LogP contribution is -1.95. The van der Waals surface area contributed by atoms with Crippen LogP contribution in [0.4, 0.5) is 0 Å². The van der Waals surface area contributed by atoms with Crippen molar-refractivity contribution in [3.63, 3.8) is 0 Å². The molecule has 15 heteroatoms. The highest BCUT2D eigenvalue weighted by Gasteiger charge is 2.23. The van der Waals surface area contributed by atoms with Crippen LogP contribution in [0.2, 0.25) is 15.1 Å². The highest BCUT2D eigenvalue weighted by Crippen LogP contribution is 2.40. The molecule has 0 atom stereocenters. The zero-order valence-electron chi connectivity index (χ0n) is 40.1. The molecule has 0 aliphatic carbocycles. The van der Waals surface area contributed by atoms with Crippen LogP contribution in [0.3, 0.4) is 0 Å². The summed E-state index contributed by atoms with van der Waals surface area (Å²) >= 11 is 20.2. The van der Waals surface area contributed by atoms with E-state index in [1.807, 2.05) is 136 Å². The normalized spacial score (nSPS) is 11.1. The molecule has 354 valence electrons. The summed E-state index contributed by atoms with van der Waals surface area (Å²) in [5.74, 6) is 0. The van der Waals surface area contributed by atoms with Crippen LogP contribution in [0.5, 0.6) is 0 Å². The molecular formula is C57H45Cl3N12. The van der Waals surface area contributed by atoms with E-state index in [2.05, 4.69) is 115 Å². The van der Waals surface area contributed by atoms with Gasteiger partial charge in [0.25, 0.3) is 0 Å². The number of benzene rings is 6. The van der Waals surface area contributed by atoms with Crippen molar-refractivity contribution in [3.8, 4) is 67.5 Å². The molecule has 72 heavy (non-hydrogen) atoms. The van der Waals surface area contributed by atoms with Crippen LogP contribution < -0.4 is 0 Å². The number of hydrogen-bond acceptors (Lipinski definition) is 9. The number of hydrogen-bond donors (Lipinski definition) is 0. The van der Waals surface area contributed by atoms with E-state index >= 15 is 0 Å². The molecule has 0 fully saturated rings. The maximum absolute atomic E-state index is 6.74. The minimum atomic E-state index is 0.579. The predicted octanol–water partition coefficient (Wildman–Crippen LogP) is 14.0. The van der Waals surface area contributed by atoms with Gasteiger partial charge in [-0.05, 0) is 32.4 Å². The summed E-state index contributed by atoms with van der Waals surface area (Å²) < 4.78 is 5.17. The third-order valence-corrected chi connectivity index (χ3v) is 13.3. The van der Waals surface area contributed by atoms with Gasteiger partial charge < -0.3 is 0 Å². The Morgan fingerprint density at radius 2 is 0.681 bits per heavy atom. The molecular weight excluding hydrogens is 959 g/mol. The van der Waals surface area contributed by atoms with Crippen molar-refractivity contribution in [2.75, 3.05) is 0 Å². The van der Waals surface area contributed by atoms with Crippen molar-refractivity contribution < 1.29 is 0 Å². The van der Waals surface area contributed by atoms with Gasteiger partial charge in [0.1, 0.15) is 34.2 Å². The van der Waals surface area contributed by atoms with Crippen LogP contribution in [-0.2, 0) is 21.1 Å². The first-order chi connectivity index (χ1) is 35.0. The van der Waals surface area contributed by atoms with Gasteiger partial charge in [-0.25, -0.2) is 14.0 Å². The van der Waals surface area contributed by atoms with Crippen molar-refractivity contribution in [2.24, 2.45) is 21.1 Å². The van der Waals surface area contributed by atoms with E-state index in [1.54, 1.807) is 14.0 Å². The number of halogens is 3. The Morgan fingerprint density at radius 1 is 0.319 bits per heavy atom. The van der Waals surface area contributed by atoms with E-state index in [4.69, 9.17) is 34.8 Å². The van der Waals surface area contributed by atoms with Gasteiger partial charge in [-0.3, -0.25) is 0 Å². The molecule has 0 unspecified atom stereocenters. The highest BCUT2D eigenvalue weighted by molar-refractivity contribution is 6.39. The molecule has 0 saturated carbocycles. The first kappa shape index (κ1) is 47.5. The monoisotopic (exact) mass is 1000 g/mol. The smallest absolute Gasteiger partial charge is 0.182 e. The van der Waals surface area contributed by atoms with E-state index in [-0.39, 0.29) is 0 Å². The van der Waals surface area contributed by atoms with Gasteiger partial charge in [-0.15, -0.1) is 30.6 Å². The van der Waals surface area contributed by atoms with Gasteiger partial charge in [-0.1, -0.05) is 204 Å². The van der Waals surface area contributed by atoms with Gasteiger partial charge in [0, 0.05) is 54.5 Å². The highest BCUT2D eigenvalue weighted by atomic mass is 35.5. The van der Waals surface area contributed by atoms with Crippen LogP contribution in [-0.4, -0.2) is 59.9 Å². The SMILES string of the molecule is Cc1ccc(-c2nn(C)c3nnc(-c4ccccc4)c(Cl)c23)cc1.Cc1cccc(-c2nn(C)c3nnc(-c4ccccc4)c(Cl)c23)c1.Cc1ccccc1-c1nn(C)c2nnc(-c3ccccc3)c(Cl)c12. The zero-order valence-corrected chi connectivity index (χ0v) is 42.4. The lowest BCUT2D eigenvalue weighted by molar-refractivity contribution is 0.781. The van der Waals surface area contributed by atoms with Crippen molar-refractivity contribution in [1.82, 2.24) is 59.9 Å². The Morgan fingerprint density at radius 3 is 1.11 bits per heavy atom. The van der Waals surface area contributed by atoms with Gasteiger partial charge in [-0.2, -0.15) is 15.3 Å². The Hall–Kier alpha value is -8.16. The third kappa shape index (κ3) is 9.19. The van der Waals surface area contributed by atoms with Crippen LogP contribution in [0.15, 0.2) is 164 Å². The summed E-state index contributed by atoms with van der Waals surface area (Å²) in [6, 6.07) is 54.1. The van der Waals surface area contributed by atoms with E-state index in [1.165, 1.54) is 11.1 Å². The van der Waals surface area contributed by atoms with Crippen molar-refractivity contribution in [3.05, 3.63) is 196 Å². The first-order valence-corrected chi connectivity index (χ1v) is 24.1. The molecule has 0 spiro atoms. The maximum atomic E-state index is 6.74. The molecule has 12 nitrogen and oxygen atoms in total. The molecule has 6 heterocycles. The molecule has 0 radical (unpaired) electrons. The molecule has 6 aromatic carbocycles.